The minimum atomic E-state index is -3.43. The quantitative estimate of drug-likeness (QED) is 0.518. The maximum Gasteiger partial charge on any atom is 0.257 e. The molecule has 4 rings (SSSR count). The van der Waals surface area contributed by atoms with Crippen molar-refractivity contribution < 1.29 is 13.5 Å². The van der Waals surface area contributed by atoms with E-state index in [-0.39, 0.29) is 17.9 Å². The molecule has 0 saturated carbocycles. The minimum absolute atomic E-state index is 0.103. The molecule has 6 nitrogen and oxygen atoms in total. The van der Waals surface area contributed by atoms with Crippen molar-refractivity contribution >= 4 is 43.4 Å². The number of fused-ring (bicyclic) bond motifs is 1. The van der Waals surface area contributed by atoms with E-state index in [1.807, 2.05) is 6.07 Å². The highest BCUT2D eigenvalue weighted by atomic mass is 32.2. The van der Waals surface area contributed by atoms with Crippen LogP contribution >= 0.6 is 22.7 Å². The van der Waals surface area contributed by atoms with Crippen molar-refractivity contribution in [1.29, 1.82) is 0 Å². The first-order chi connectivity index (χ1) is 13.0. The molecule has 0 unspecified atom stereocenters. The van der Waals surface area contributed by atoms with Gasteiger partial charge in [0, 0.05) is 10.9 Å². The molecule has 9 heteroatoms. The van der Waals surface area contributed by atoms with Crippen LogP contribution in [-0.2, 0) is 22.2 Å². The highest BCUT2D eigenvalue weighted by Crippen LogP contribution is 2.26. The lowest BCUT2D eigenvalue weighted by molar-refractivity contribution is 0.282. The number of thiophene rings is 1. The Hall–Kier alpha value is -2.33. The van der Waals surface area contributed by atoms with Crippen molar-refractivity contribution in [2.24, 2.45) is 0 Å². The number of hydrogen-bond acceptors (Lipinski definition) is 7. The van der Waals surface area contributed by atoms with Gasteiger partial charge in [-0.2, -0.15) is 0 Å². The lowest BCUT2D eigenvalue weighted by atomic mass is 10.1. The highest BCUT2D eigenvalue weighted by molar-refractivity contribution is 7.92. The van der Waals surface area contributed by atoms with E-state index in [2.05, 4.69) is 9.97 Å². The number of aromatic amines is 1. The molecular weight excluding hydrogens is 404 g/mol. The summed E-state index contributed by atoms with van der Waals surface area (Å²) in [5.41, 5.74) is 1.86. The van der Waals surface area contributed by atoms with E-state index < -0.39 is 9.84 Å². The van der Waals surface area contributed by atoms with Gasteiger partial charge in [-0.05, 0) is 34.5 Å². The van der Waals surface area contributed by atoms with Gasteiger partial charge in [-0.25, -0.2) is 13.4 Å². The average molecular weight is 419 g/mol. The molecular formula is C18H14N2O4S3. The fraction of sp³-hybridized carbons (Fsp3) is 0.111. The van der Waals surface area contributed by atoms with E-state index >= 15 is 0 Å². The lowest BCUT2D eigenvalue weighted by Gasteiger charge is -2.03. The first-order valence-electron chi connectivity index (χ1n) is 7.94. The fourth-order valence-corrected chi connectivity index (χ4v) is 6.22. The van der Waals surface area contributed by atoms with Gasteiger partial charge in [0.15, 0.2) is 9.84 Å². The first-order valence-corrected chi connectivity index (χ1v) is 11.4. The Labute approximate surface area is 162 Å². The third-order valence-electron chi connectivity index (χ3n) is 4.04. The SMILES string of the molecule is O=c1[nH]c2cc(CO)ccc2cc1-c1csc(CS(=O)(=O)c2cccs2)n1. The van der Waals surface area contributed by atoms with E-state index in [0.29, 0.717) is 31.6 Å². The molecule has 0 radical (unpaired) electrons. The first kappa shape index (κ1) is 18.1. The van der Waals surface area contributed by atoms with Crippen molar-refractivity contribution in [2.45, 2.75) is 16.6 Å². The van der Waals surface area contributed by atoms with Gasteiger partial charge in [-0.1, -0.05) is 18.2 Å². The fourth-order valence-electron chi connectivity index (χ4n) is 2.71. The van der Waals surface area contributed by atoms with Gasteiger partial charge in [-0.3, -0.25) is 4.79 Å². The Balaban J connectivity index is 1.69. The van der Waals surface area contributed by atoms with E-state index in [0.717, 1.165) is 5.39 Å². The van der Waals surface area contributed by atoms with Crippen LogP contribution in [0.5, 0.6) is 0 Å². The number of aromatic nitrogens is 2. The molecule has 138 valence electrons. The second-order valence-electron chi connectivity index (χ2n) is 5.91. The number of H-pyrrole nitrogens is 1. The van der Waals surface area contributed by atoms with Crippen LogP contribution in [0.3, 0.4) is 0 Å². The van der Waals surface area contributed by atoms with Gasteiger partial charge in [-0.15, -0.1) is 22.7 Å². The lowest BCUT2D eigenvalue weighted by Crippen LogP contribution is -2.09. The summed E-state index contributed by atoms with van der Waals surface area (Å²) in [5, 5.41) is 13.9. The number of thiazole rings is 1. The van der Waals surface area contributed by atoms with Crippen molar-refractivity contribution in [3.8, 4) is 11.3 Å². The van der Waals surface area contributed by atoms with E-state index in [1.54, 1.807) is 41.1 Å². The summed E-state index contributed by atoms with van der Waals surface area (Å²) in [5.74, 6) is -0.191. The van der Waals surface area contributed by atoms with Crippen molar-refractivity contribution in [1.82, 2.24) is 9.97 Å². The summed E-state index contributed by atoms with van der Waals surface area (Å²) in [6, 6.07) is 10.3. The molecule has 2 N–H and O–H groups in total. The summed E-state index contributed by atoms with van der Waals surface area (Å²) in [6.07, 6.45) is 0. The summed E-state index contributed by atoms with van der Waals surface area (Å²) < 4.78 is 25.1. The summed E-state index contributed by atoms with van der Waals surface area (Å²) in [6.45, 7) is -0.103. The van der Waals surface area contributed by atoms with Crippen LogP contribution in [-0.4, -0.2) is 23.5 Å². The topological polar surface area (TPSA) is 100 Å². The van der Waals surface area contributed by atoms with Crippen LogP contribution in [0.4, 0.5) is 0 Å². The van der Waals surface area contributed by atoms with Gasteiger partial charge >= 0.3 is 0 Å². The maximum atomic E-state index is 12.4. The number of aliphatic hydroxyl groups is 1. The number of sulfone groups is 1. The number of benzene rings is 1. The van der Waals surface area contributed by atoms with E-state index in [4.69, 9.17) is 0 Å². The molecule has 1 aromatic carbocycles. The Kier molecular flexibility index (Phi) is 4.68. The van der Waals surface area contributed by atoms with Gasteiger partial charge in [0.1, 0.15) is 15.0 Å². The third kappa shape index (κ3) is 3.59. The molecule has 0 atom stereocenters. The highest BCUT2D eigenvalue weighted by Gasteiger charge is 2.19. The molecule has 0 amide bonds. The standard InChI is InChI=1S/C18H14N2O4S3/c21-8-11-3-4-12-7-13(18(22)20-14(12)6-11)15-9-26-16(19-15)10-27(23,24)17-2-1-5-25-17/h1-7,9,21H,8,10H2,(H,20,22). The zero-order valence-electron chi connectivity index (χ0n) is 13.9. The van der Waals surface area contributed by atoms with Crippen LogP contribution in [0, 0.1) is 0 Å². The molecule has 0 spiro atoms. The molecule has 0 aliphatic carbocycles. The summed E-state index contributed by atoms with van der Waals surface area (Å²) in [4.78, 5) is 19.6. The van der Waals surface area contributed by atoms with Gasteiger partial charge < -0.3 is 10.1 Å². The van der Waals surface area contributed by atoms with Crippen LogP contribution < -0.4 is 5.56 Å². The normalized spacial score (nSPS) is 11.9. The Bertz CT molecular complexity index is 1270. The molecule has 0 saturated heterocycles. The van der Waals surface area contributed by atoms with Crippen molar-refractivity contribution in [2.75, 3.05) is 0 Å². The number of pyridine rings is 1. The number of aliphatic hydroxyl groups excluding tert-OH is 1. The summed E-state index contributed by atoms with van der Waals surface area (Å²) in [7, 11) is -3.43. The zero-order chi connectivity index (χ0) is 19.0. The molecule has 27 heavy (non-hydrogen) atoms. The van der Waals surface area contributed by atoms with Crippen LogP contribution in [0.2, 0.25) is 0 Å². The Morgan fingerprint density at radius 2 is 2.00 bits per heavy atom. The van der Waals surface area contributed by atoms with Gasteiger partial charge in [0.2, 0.25) is 0 Å². The third-order valence-corrected chi connectivity index (χ3v) is 8.18. The predicted octanol–water partition coefficient (Wildman–Crippen LogP) is 3.18. The smallest absolute Gasteiger partial charge is 0.257 e. The van der Waals surface area contributed by atoms with Crippen molar-refractivity contribution in [3.63, 3.8) is 0 Å². The maximum absolute atomic E-state index is 12.4. The van der Waals surface area contributed by atoms with E-state index in [9.17, 15) is 18.3 Å². The Morgan fingerprint density at radius 1 is 1.15 bits per heavy atom. The van der Waals surface area contributed by atoms with E-state index in [1.165, 1.54) is 22.7 Å². The minimum Gasteiger partial charge on any atom is -0.392 e. The van der Waals surface area contributed by atoms with Crippen LogP contribution in [0.15, 0.2) is 56.2 Å². The molecule has 3 aromatic heterocycles. The summed E-state index contributed by atoms with van der Waals surface area (Å²) >= 11 is 2.39. The predicted molar refractivity (Wildman–Crippen MR) is 107 cm³/mol. The largest absolute Gasteiger partial charge is 0.392 e. The van der Waals surface area contributed by atoms with Crippen LogP contribution in [0.25, 0.3) is 22.2 Å². The number of nitrogens with zero attached hydrogens (tertiary/aromatic N) is 1. The van der Waals surface area contributed by atoms with Crippen LogP contribution in [0.1, 0.15) is 10.6 Å². The molecule has 3 heterocycles. The average Bonchev–Trinajstić information content (AvgIpc) is 3.32. The van der Waals surface area contributed by atoms with Gasteiger partial charge in [0.25, 0.3) is 5.56 Å². The monoisotopic (exact) mass is 418 g/mol. The second-order valence-corrected chi connectivity index (χ2v) is 10.0. The molecule has 4 aromatic rings. The molecule has 0 fully saturated rings. The molecule has 0 aliphatic rings. The number of hydrogen-bond donors (Lipinski definition) is 2. The van der Waals surface area contributed by atoms with Gasteiger partial charge in [0.05, 0.1) is 17.9 Å². The Morgan fingerprint density at radius 3 is 2.74 bits per heavy atom. The number of nitrogens with one attached hydrogen (secondary N) is 1. The second kappa shape index (κ2) is 7.01. The molecule has 0 aliphatic heterocycles. The van der Waals surface area contributed by atoms with Crippen molar-refractivity contribution in [3.05, 3.63) is 68.1 Å². The molecule has 0 bridgehead atoms. The zero-order valence-corrected chi connectivity index (χ0v) is 16.3. The number of rotatable bonds is 5.